The molecule has 2 fully saturated rings. The van der Waals surface area contributed by atoms with Crippen LogP contribution in [-0.4, -0.2) is 44.2 Å². The summed E-state index contributed by atoms with van der Waals surface area (Å²) in [6.45, 7) is 11.3. The van der Waals surface area contributed by atoms with Crippen LogP contribution in [0.1, 0.15) is 46.5 Å². The van der Waals surface area contributed by atoms with Crippen LogP contribution >= 0.6 is 0 Å². The fourth-order valence-electron chi connectivity index (χ4n) is 8.12. The maximum Gasteiger partial charge on any atom is 0.171 e. The second kappa shape index (κ2) is 8.11. The van der Waals surface area contributed by atoms with Crippen LogP contribution in [0.5, 0.6) is 0 Å². The van der Waals surface area contributed by atoms with Crippen LogP contribution in [-0.2, 0) is 23.8 Å². The maximum absolute atomic E-state index is 14.2. The van der Waals surface area contributed by atoms with Gasteiger partial charge in [0.05, 0.1) is 33.1 Å². The van der Waals surface area contributed by atoms with E-state index in [-0.39, 0.29) is 28.6 Å². The number of rotatable bonds is 3. The van der Waals surface area contributed by atoms with Gasteiger partial charge in [-0.3, -0.25) is 9.59 Å². The zero-order valence-corrected chi connectivity index (χ0v) is 23.8. The molecule has 196 valence electrons. The number of carbonyl (C=O) groups is 2. The molecule has 1 heterocycles. The van der Waals surface area contributed by atoms with Crippen LogP contribution in [0.4, 0.5) is 0 Å². The van der Waals surface area contributed by atoms with E-state index in [1.165, 1.54) is 5.19 Å². The molecule has 1 aliphatic heterocycles. The molecule has 6 rings (SSSR count). The molecule has 0 bridgehead atoms. The molecule has 5 aliphatic rings. The number of hydrogen-bond donors (Lipinski definition) is 0. The number of carbonyl (C=O) groups excluding carboxylic acids is 2. The average molecular weight is 519 g/mol. The number of Topliss-reactive ketones (excluding diaryl/α,β-unsaturated/α-hetero) is 2. The molecular formula is C31H38O5Si. The van der Waals surface area contributed by atoms with Crippen molar-refractivity contribution in [2.24, 2.45) is 17.8 Å². The van der Waals surface area contributed by atoms with Gasteiger partial charge in [-0.25, -0.2) is 0 Å². The first-order valence-corrected chi connectivity index (χ1v) is 16.6. The standard InChI is InChI=1S/C31H38O5Si/c1-29(2)35-24-17-21-25(27(32)20-13-10-14-23(34-4)26(20)28(21)33)22-15-16-30(3,18-31(22,24)36-29)37(5,6)19-11-8-7-9-12-19/h7-14,20,22,24,26H,15-18H2,1-6H3. The van der Waals surface area contributed by atoms with E-state index in [0.29, 0.717) is 23.3 Å². The zero-order valence-electron chi connectivity index (χ0n) is 22.8. The third-order valence-corrected chi connectivity index (χ3v) is 15.6. The summed E-state index contributed by atoms with van der Waals surface area (Å²) in [7, 11) is -0.370. The highest BCUT2D eigenvalue weighted by Gasteiger charge is 2.68. The van der Waals surface area contributed by atoms with Crippen LogP contribution < -0.4 is 5.19 Å². The molecule has 1 aromatic carbocycles. The maximum atomic E-state index is 14.2. The minimum atomic E-state index is -1.95. The van der Waals surface area contributed by atoms with E-state index in [2.05, 4.69) is 50.3 Å². The van der Waals surface area contributed by atoms with E-state index < -0.39 is 31.3 Å². The van der Waals surface area contributed by atoms with Gasteiger partial charge in [0.15, 0.2) is 17.4 Å². The van der Waals surface area contributed by atoms with E-state index >= 15 is 0 Å². The fourth-order valence-corrected chi connectivity index (χ4v) is 11.3. The molecule has 37 heavy (non-hydrogen) atoms. The third kappa shape index (κ3) is 3.41. The molecule has 1 spiro atoms. The van der Waals surface area contributed by atoms with Crippen molar-refractivity contribution in [3.8, 4) is 0 Å². The largest absolute Gasteiger partial charge is 0.500 e. The Kier molecular flexibility index (Phi) is 5.48. The highest BCUT2D eigenvalue weighted by Crippen LogP contribution is 2.65. The van der Waals surface area contributed by atoms with E-state index in [1.54, 1.807) is 7.11 Å². The van der Waals surface area contributed by atoms with E-state index in [0.717, 1.165) is 19.3 Å². The van der Waals surface area contributed by atoms with Gasteiger partial charge >= 0.3 is 0 Å². The summed E-state index contributed by atoms with van der Waals surface area (Å²) in [5.41, 5.74) is 0.752. The van der Waals surface area contributed by atoms with Gasteiger partial charge in [-0.05, 0) is 44.2 Å². The third-order valence-electron chi connectivity index (χ3n) is 10.3. The summed E-state index contributed by atoms with van der Waals surface area (Å²) < 4.78 is 19.1. The molecule has 5 nitrogen and oxygen atoms in total. The lowest BCUT2D eigenvalue weighted by atomic mass is 9.55. The van der Waals surface area contributed by atoms with Crippen molar-refractivity contribution in [2.75, 3.05) is 7.11 Å². The minimum absolute atomic E-state index is 0.0197. The molecule has 1 saturated heterocycles. The van der Waals surface area contributed by atoms with Gasteiger partial charge in [0.1, 0.15) is 11.4 Å². The molecule has 1 aromatic rings. The molecule has 6 atom stereocenters. The summed E-state index contributed by atoms with van der Waals surface area (Å²) in [5, 5.41) is 1.49. The summed E-state index contributed by atoms with van der Waals surface area (Å²) in [6.07, 6.45) is 8.36. The number of fused-ring (bicyclic) bond motifs is 2. The van der Waals surface area contributed by atoms with Crippen molar-refractivity contribution >= 4 is 24.8 Å². The monoisotopic (exact) mass is 518 g/mol. The normalized spacial score (nSPS) is 38.4. The molecule has 6 unspecified atom stereocenters. The van der Waals surface area contributed by atoms with Crippen molar-refractivity contribution in [1.82, 2.24) is 0 Å². The van der Waals surface area contributed by atoms with Crippen LogP contribution in [0.25, 0.3) is 0 Å². The van der Waals surface area contributed by atoms with Gasteiger partial charge in [0, 0.05) is 23.5 Å². The second-order valence-electron chi connectivity index (χ2n) is 12.9. The number of ether oxygens (including phenoxy) is 3. The second-order valence-corrected chi connectivity index (χ2v) is 17.9. The average Bonchev–Trinajstić information content (AvgIpc) is 3.13. The van der Waals surface area contributed by atoms with Crippen LogP contribution in [0.2, 0.25) is 18.1 Å². The van der Waals surface area contributed by atoms with Crippen molar-refractivity contribution in [2.45, 2.75) is 82.1 Å². The lowest BCUT2D eigenvalue weighted by Gasteiger charge is -2.58. The van der Waals surface area contributed by atoms with Crippen molar-refractivity contribution in [1.29, 1.82) is 0 Å². The van der Waals surface area contributed by atoms with E-state index in [9.17, 15) is 9.59 Å². The Balaban J connectivity index is 1.46. The van der Waals surface area contributed by atoms with Crippen LogP contribution in [0, 0.1) is 17.8 Å². The van der Waals surface area contributed by atoms with Gasteiger partial charge in [0.25, 0.3) is 0 Å². The van der Waals surface area contributed by atoms with E-state index in [4.69, 9.17) is 14.2 Å². The molecule has 1 saturated carbocycles. The number of ketones is 2. The first kappa shape index (κ1) is 25.0. The van der Waals surface area contributed by atoms with Gasteiger partial charge in [-0.1, -0.05) is 67.7 Å². The molecule has 4 aliphatic carbocycles. The Morgan fingerprint density at radius 3 is 2.49 bits per heavy atom. The smallest absolute Gasteiger partial charge is 0.171 e. The minimum Gasteiger partial charge on any atom is -0.500 e. The lowest BCUT2D eigenvalue weighted by Crippen LogP contribution is -2.63. The Hall–Kier alpha value is -2.28. The summed E-state index contributed by atoms with van der Waals surface area (Å²) in [5.74, 6) is -1.32. The van der Waals surface area contributed by atoms with Gasteiger partial charge in [0.2, 0.25) is 0 Å². The highest BCUT2D eigenvalue weighted by atomic mass is 28.3. The first-order chi connectivity index (χ1) is 17.4. The van der Waals surface area contributed by atoms with Crippen LogP contribution in [0.15, 0.2) is 65.5 Å². The SMILES string of the molecule is COC1=CC=CC2C(=O)C3=C(CC4OC(C)(C)OC45CC(C)([Si](C)(C)c4ccccc4)CCC35)C(=O)C12. The molecule has 0 aromatic heterocycles. The predicted octanol–water partition coefficient (Wildman–Crippen LogP) is 5.24. The summed E-state index contributed by atoms with van der Waals surface area (Å²) in [4.78, 5) is 28.1. The zero-order chi connectivity index (χ0) is 26.4. The summed E-state index contributed by atoms with van der Waals surface area (Å²) in [6, 6.07) is 10.9. The Bertz CT molecular complexity index is 1260. The molecule has 6 heteroatoms. The van der Waals surface area contributed by atoms with Crippen molar-refractivity contribution in [3.05, 3.63) is 65.5 Å². The Labute approximate surface area is 221 Å². The topological polar surface area (TPSA) is 61.8 Å². The number of allylic oxidation sites excluding steroid dienone is 4. The van der Waals surface area contributed by atoms with Gasteiger partial charge < -0.3 is 14.2 Å². The van der Waals surface area contributed by atoms with Crippen LogP contribution in [0.3, 0.4) is 0 Å². The van der Waals surface area contributed by atoms with E-state index in [1.807, 2.05) is 32.1 Å². The number of hydrogen-bond acceptors (Lipinski definition) is 5. The summed E-state index contributed by atoms with van der Waals surface area (Å²) >= 11 is 0. The number of benzene rings is 1. The van der Waals surface area contributed by atoms with Gasteiger partial charge in [-0.15, -0.1) is 0 Å². The van der Waals surface area contributed by atoms with Gasteiger partial charge in [-0.2, -0.15) is 0 Å². The Morgan fingerprint density at radius 2 is 1.78 bits per heavy atom. The quantitative estimate of drug-likeness (QED) is 0.513. The predicted molar refractivity (Wildman–Crippen MR) is 145 cm³/mol. The number of methoxy groups -OCH3 is 1. The molecule has 0 amide bonds. The lowest BCUT2D eigenvalue weighted by molar-refractivity contribution is -0.180. The molecule has 0 N–H and O–H groups in total. The van der Waals surface area contributed by atoms with Crippen molar-refractivity contribution < 1.29 is 23.8 Å². The highest BCUT2D eigenvalue weighted by molar-refractivity contribution is 6.92. The fraction of sp³-hybridized carbons (Fsp3) is 0.548. The van der Waals surface area contributed by atoms with Crippen molar-refractivity contribution in [3.63, 3.8) is 0 Å². The molecular weight excluding hydrogens is 480 g/mol. The first-order valence-electron chi connectivity index (χ1n) is 13.6. The molecule has 0 radical (unpaired) electrons. The Morgan fingerprint density at radius 1 is 1.05 bits per heavy atom.